The van der Waals surface area contributed by atoms with E-state index in [4.69, 9.17) is 0 Å². The van der Waals surface area contributed by atoms with Crippen molar-refractivity contribution in [2.24, 2.45) is 0 Å². The van der Waals surface area contributed by atoms with Crippen molar-refractivity contribution in [2.75, 3.05) is 6.54 Å². The van der Waals surface area contributed by atoms with Crippen LogP contribution in [0.2, 0.25) is 0 Å². The first kappa shape index (κ1) is 12.0. The molecule has 1 aromatic heterocycles. The first-order chi connectivity index (χ1) is 8.18. The number of nitrogens with one attached hydrogen (secondary N) is 2. The van der Waals surface area contributed by atoms with Gasteiger partial charge in [0, 0.05) is 24.3 Å². The second kappa shape index (κ2) is 5.21. The van der Waals surface area contributed by atoms with Crippen LogP contribution in [0, 0.1) is 0 Å². The number of rotatable bonds is 2. The minimum atomic E-state index is 0.0332. The molecule has 2 N–H and O–H groups in total. The number of aromatic nitrogens is 2. The molecule has 1 saturated heterocycles. The third-order valence-electron chi connectivity index (χ3n) is 3.08. The lowest BCUT2D eigenvalue weighted by Gasteiger charge is -2.35. The molecule has 1 atom stereocenters. The molecule has 1 aliphatic heterocycles. The summed E-state index contributed by atoms with van der Waals surface area (Å²) in [5.74, 6) is 0. The highest BCUT2D eigenvalue weighted by atomic mass is 16.2. The van der Waals surface area contributed by atoms with Crippen LogP contribution in [0.15, 0.2) is 12.4 Å². The molecule has 1 aliphatic rings. The van der Waals surface area contributed by atoms with Gasteiger partial charge in [0.25, 0.3) is 0 Å². The van der Waals surface area contributed by atoms with Crippen molar-refractivity contribution in [3.05, 3.63) is 18.0 Å². The maximum atomic E-state index is 12.1. The Kier molecular flexibility index (Phi) is 3.66. The maximum absolute atomic E-state index is 12.1. The average Bonchev–Trinajstić information content (AvgIpc) is 2.81. The number of likely N-dealkylation sites (tertiary alicyclic amines) is 1. The van der Waals surface area contributed by atoms with Crippen LogP contribution in [0.5, 0.6) is 0 Å². The van der Waals surface area contributed by atoms with Crippen molar-refractivity contribution < 1.29 is 4.79 Å². The molecule has 1 fully saturated rings. The van der Waals surface area contributed by atoms with E-state index in [0.717, 1.165) is 24.9 Å². The zero-order valence-corrected chi connectivity index (χ0v) is 10.4. The third-order valence-corrected chi connectivity index (χ3v) is 3.08. The molecular weight excluding hydrogens is 216 g/mol. The largest absolute Gasteiger partial charge is 0.336 e. The van der Waals surface area contributed by atoms with Crippen LogP contribution >= 0.6 is 0 Å². The summed E-state index contributed by atoms with van der Waals surface area (Å²) in [4.78, 5) is 14.0. The number of nitrogens with zero attached hydrogens (tertiary/aromatic N) is 2. The number of hydrogen-bond acceptors (Lipinski definition) is 2. The summed E-state index contributed by atoms with van der Waals surface area (Å²) in [6.07, 6.45) is 6.96. The number of H-pyrrole nitrogens is 1. The molecule has 5 nitrogen and oxygen atoms in total. The lowest BCUT2D eigenvalue weighted by atomic mass is 9.98. The fourth-order valence-corrected chi connectivity index (χ4v) is 2.29. The molecule has 0 radical (unpaired) electrons. The molecule has 2 rings (SSSR count). The molecule has 0 spiro atoms. The smallest absolute Gasteiger partial charge is 0.318 e. The van der Waals surface area contributed by atoms with E-state index in [1.807, 2.05) is 31.1 Å². The first-order valence-corrected chi connectivity index (χ1v) is 6.24. The second-order valence-electron chi connectivity index (χ2n) is 4.84. The summed E-state index contributed by atoms with van der Waals surface area (Å²) in [6.45, 7) is 4.79. The monoisotopic (exact) mass is 236 g/mol. The van der Waals surface area contributed by atoms with Crippen LogP contribution < -0.4 is 5.32 Å². The lowest BCUT2D eigenvalue weighted by molar-refractivity contribution is 0.149. The zero-order chi connectivity index (χ0) is 12.3. The normalized spacial score (nSPS) is 20.6. The first-order valence-electron chi connectivity index (χ1n) is 6.24. The standard InChI is InChI=1S/C12H20N4O/c1-9(2)15-12(17)16-6-4-3-5-11(16)10-7-13-14-8-10/h7-9,11H,3-6H2,1-2H3,(H,13,14)(H,15,17). The van der Waals surface area contributed by atoms with Crippen LogP contribution in [-0.4, -0.2) is 33.7 Å². The topological polar surface area (TPSA) is 61.0 Å². The summed E-state index contributed by atoms with van der Waals surface area (Å²) in [5.41, 5.74) is 1.10. The Bertz CT molecular complexity index is 361. The maximum Gasteiger partial charge on any atom is 0.318 e. The highest BCUT2D eigenvalue weighted by Gasteiger charge is 2.28. The van der Waals surface area contributed by atoms with Crippen molar-refractivity contribution in [1.29, 1.82) is 0 Å². The lowest BCUT2D eigenvalue weighted by Crippen LogP contribution is -2.46. The van der Waals surface area contributed by atoms with Crippen molar-refractivity contribution >= 4 is 6.03 Å². The van der Waals surface area contributed by atoms with Gasteiger partial charge in [0.05, 0.1) is 12.2 Å². The van der Waals surface area contributed by atoms with Crippen molar-refractivity contribution in [1.82, 2.24) is 20.4 Å². The fourth-order valence-electron chi connectivity index (χ4n) is 2.29. The van der Waals surface area contributed by atoms with Crippen LogP contribution in [0.1, 0.15) is 44.7 Å². The van der Waals surface area contributed by atoms with E-state index in [1.54, 1.807) is 0 Å². The van der Waals surface area contributed by atoms with E-state index in [-0.39, 0.29) is 18.1 Å². The highest BCUT2D eigenvalue weighted by Crippen LogP contribution is 2.30. The Balaban J connectivity index is 2.09. The predicted molar refractivity (Wildman–Crippen MR) is 65.6 cm³/mol. The van der Waals surface area contributed by atoms with E-state index in [2.05, 4.69) is 15.5 Å². The molecule has 94 valence electrons. The quantitative estimate of drug-likeness (QED) is 0.825. The molecule has 0 saturated carbocycles. The Morgan fingerprint density at radius 2 is 2.41 bits per heavy atom. The van der Waals surface area contributed by atoms with Gasteiger partial charge in [0.2, 0.25) is 0 Å². The van der Waals surface area contributed by atoms with Crippen molar-refractivity contribution in [3.63, 3.8) is 0 Å². The van der Waals surface area contributed by atoms with E-state index in [0.29, 0.717) is 0 Å². The van der Waals surface area contributed by atoms with E-state index < -0.39 is 0 Å². The van der Waals surface area contributed by atoms with Crippen LogP contribution in [-0.2, 0) is 0 Å². The average molecular weight is 236 g/mol. The number of amides is 2. The molecule has 0 bridgehead atoms. The van der Waals surface area contributed by atoms with E-state index in [9.17, 15) is 4.79 Å². The van der Waals surface area contributed by atoms with Gasteiger partial charge in [-0.3, -0.25) is 5.10 Å². The van der Waals surface area contributed by atoms with Crippen LogP contribution in [0.4, 0.5) is 4.79 Å². The number of carbonyl (C=O) groups excluding carboxylic acids is 1. The van der Waals surface area contributed by atoms with Gasteiger partial charge in [0.1, 0.15) is 0 Å². The molecule has 0 aromatic carbocycles. The summed E-state index contributed by atoms with van der Waals surface area (Å²) < 4.78 is 0. The van der Waals surface area contributed by atoms with Gasteiger partial charge in [-0.15, -0.1) is 0 Å². The third kappa shape index (κ3) is 2.78. The zero-order valence-electron chi connectivity index (χ0n) is 10.4. The van der Waals surface area contributed by atoms with E-state index >= 15 is 0 Å². The fraction of sp³-hybridized carbons (Fsp3) is 0.667. The van der Waals surface area contributed by atoms with Crippen molar-refractivity contribution in [2.45, 2.75) is 45.2 Å². The molecule has 2 amide bonds. The van der Waals surface area contributed by atoms with Crippen molar-refractivity contribution in [3.8, 4) is 0 Å². The van der Waals surface area contributed by atoms with Gasteiger partial charge >= 0.3 is 6.03 Å². The summed E-state index contributed by atoms with van der Waals surface area (Å²) in [5, 5.41) is 9.75. The number of piperidine rings is 1. The Morgan fingerprint density at radius 1 is 1.59 bits per heavy atom. The summed E-state index contributed by atoms with van der Waals surface area (Å²) >= 11 is 0. The van der Waals surface area contributed by atoms with Crippen LogP contribution in [0.25, 0.3) is 0 Å². The molecular formula is C12H20N4O. The minimum absolute atomic E-state index is 0.0332. The Morgan fingerprint density at radius 3 is 3.06 bits per heavy atom. The molecule has 17 heavy (non-hydrogen) atoms. The van der Waals surface area contributed by atoms with Gasteiger partial charge in [-0.1, -0.05) is 0 Å². The molecule has 0 aliphatic carbocycles. The van der Waals surface area contributed by atoms with Gasteiger partial charge in [-0.2, -0.15) is 5.10 Å². The molecule has 1 aromatic rings. The summed E-state index contributed by atoms with van der Waals surface area (Å²) in [7, 11) is 0. The molecule has 1 unspecified atom stereocenters. The SMILES string of the molecule is CC(C)NC(=O)N1CCCCC1c1cn[nH]c1. The Labute approximate surface area is 102 Å². The minimum Gasteiger partial charge on any atom is -0.336 e. The van der Waals surface area contributed by atoms with Gasteiger partial charge in [-0.25, -0.2) is 4.79 Å². The number of carbonyl (C=O) groups is 1. The summed E-state index contributed by atoms with van der Waals surface area (Å²) in [6, 6.07) is 0.376. The van der Waals surface area contributed by atoms with Gasteiger partial charge < -0.3 is 10.2 Å². The van der Waals surface area contributed by atoms with Crippen LogP contribution in [0.3, 0.4) is 0 Å². The predicted octanol–water partition coefficient (Wildman–Crippen LogP) is 2.05. The van der Waals surface area contributed by atoms with E-state index in [1.165, 1.54) is 6.42 Å². The van der Waals surface area contributed by atoms with Gasteiger partial charge in [0.15, 0.2) is 0 Å². The number of urea groups is 1. The number of hydrogen-bond donors (Lipinski definition) is 2. The Hall–Kier alpha value is -1.52. The van der Waals surface area contributed by atoms with Gasteiger partial charge in [-0.05, 0) is 33.1 Å². The molecule has 5 heteroatoms. The highest BCUT2D eigenvalue weighted by molar-refractivity contribution is 5.75. The second-order valence-corrected chi connectivity index (χ2v) is 4.84. The number of aromatic amines is 1. The molecule has 2 heterocycles.